The van der Waals surface area contributed by atoms with Crippen molar-refractivity contribution in [2.45, 2.75) is 46.5 Å². The van der Waals surface area contributed by atoms with Crippen LogP contribution in [0.1, 0.15) is 45.2 Å². The number of nitrogens with one attached hydrogen (secondary N) is 1. The molecule has 2 heterocycles. The van der Waals surface area contributed by atoms with Crippen molar-refractivity contribution in [3.8, 4) is 0 Å². The summed E-state index contributed by atoms with van der Waals surface area (Å²) >= 11 is 0. The van der Waals surface area contributed by atoms with Gasteiger partial charge in [0.2, 0.25) is 5.91 Å². The summed E-state index contributed by atoms with van der Waals surface area (Å²) < 4.78 is 0. The van der Waals surface area contributed by atoms with E-state index in [1.165, 1.54) is 12.8 Å². The van der Waals surface area contributed by atoms with Crippen LogP contribution in [0.15, 0.2) is 12.1 Å². The number of nitrogens with zero attached hydrogens (tertiary/aromatic N) is 2. The topological polar surface area (TPSA) is 45.2 Å². The largest absolute Gasteiger partial charge is 0.357 e. The number of amides is 1. The van der Waals surface area contributed by atoms with Gasteiger partial charge >= 0.3 is 0 Å². The van der Waals surface area contributed by atoms with Gasteiger partial charge in [-0.3, -0.25) is 4.79 Å². The van der Waals surface area contributed by atoms with Crippen molar-refractivity contribution < 1.29 is 4.79 Å². The van der Waals surface area contributed by atoms with Crippen LogP contribution in [0.5, 0.6) is 0 Å². The minimum absolute atomic E-state index is 0.0904. The Balaban J connectivity index is 2.07. The van der Waals surface area contributed by atoms with E-state index in [9.17, 15) is 4.79 Å². The summed E-state index contributed by atoms with van der Waals surface area (Å²) in [6, 6.07) is 4.00. The van der Waals surface area contributed by atoms with Crippen LogP contribution < -0.4 is 10.2 Å². The van der Waals surface area contributed by atoms with Crippen molar-refractivity contribution in [3.63, 3.8) is 0 Å². The normalized spacial score (nSPS) is 14.9. The van der Waals surface area contributed by atoms with Gasteiger partial charge in [-0.1, -0.05) is 13.8 Å². The molecule has 20 heavy (non-hydrogen) atoms. The Labute approximate surface area is 121 Å². The maximum absolute atomic E-state index is 12.1. The minimum atomic E-state index is 0.0904. The molecule has 0 atom stereocenters. The molecule has 1 fully saturated rings. The van der Waals surface area contributed by atoms with Crippen LogP contribution in [0.2, 0.25) is 0 Å². The van der Waals surface area contributed by atoms with Gasteiger partial charge in [-0.2, -0.15) is 0 Å². The van der Waals surface area contributed by atoms with E-state index in [4.69, 9.17) is 0 Å². The van der Waals surface area contributed by atoms with Gasteiger partial charge in [0.1, 0.15) is 5.82 Å². The third-order valence-electron chi connectivity index (χ3n) is 4.12. The summed E-state index contributed by atoms with van der Waals surface area (Å²) in [6.07, 6.45) is 4.24. The molecule has 2 rings (SSSR count). The second-order valence-corrected chi connectivity index (χ2v) is 5.50. The fraction of sp³-hybridized carbons (Fsp3) is 0.625. The number of carbonyl (C=O) groups is 1. The Morgan fingerprint density at radius 1 is 1.30 bits per heavy atom. The Kier molecular flexibility index (Phi) is 4.99. The Hall–Kier alpha value is -1.58. The molecule has 0 spiro atoms. The molecule has 110 valence electrons. The molecule has 0 aliphatic carbocycles. The molecule has 4 heteroatoms. The zero-order valence-corrected chi connectivity index (χ0v) is 12.8. The average Bonchev–Trinajstić information content (AvgIpc) is 2.96. The monoisotopic (exact) mass is 275 g/mol. The number of rotatable bonds is 5. The van der Waals surface area contributed by atoms with Gasteiger partial charge in [-0.15, -0.1) is 0 Å². The van der Waals surface area contributed by atoms with E-state index in [2.05, 4.69) is 29.0 Å². The first kappa shape index (κ1) is 14.8. The lowest BCUT2D eigenvalue weighted by atomic mass is 10.0. The van der Waals surface area contributed by atoms with Crippen molar-refractivity contribution >= 4 is 17.4 Å². The highest BCUT2D eigenvalue weighted by molar-refractivity contribution is 5.93. The van der Waals surface area contributed by atoms with Gasteiger partial charge in [0.05, 0.1) is 11.4 Å². The van der Waals surface area contributed by atoms with E-state index in [1.54, 1.807) is 0 Å². The molecular weight excluding hydrogens is 250 g/mol. The summed E-state index contributed by atoms with van der Waals surface area (Å²) in [5, 5.41) is 3.01. The van der Waals surface area contributed by atoms with Gasteiger partial charge in [-0.25, -0.2) is 4.98 Å². The molecule has 1 amide bonds. The first-order valence-corrected chi connectivity index (χ1v) is 7.69. The lowest BCUT2D eigenvalue weighted by Gasteiger charge is -2.19. The smallest absolute Gasteiger partial charge is 0.227 e. The summed E-state index contributed by atoms with van der Waals surface area (Å²) in [5.74, 6) is 1.22. The van der Waals surface area contributed by atoms with Crippen molar-refractivity contribution in [1.82, 2.24) is 4.98 Å². The third-order valence-corrected chi connectivity index (χ3v) is 4.12. The number of pyridine rings is 1. The highest BCUT2D eigenvalue weighted by Crippen LogP contribution is 2.22. The van der Waals surface area contributed by atoms with Crippen LogP contribution in [-0.2, 0) is 4.79 Å². The maximum Gasteiger partial charge on any atom is 0.227 e. The standard InChI is InChI=1S/C16H25N3O/c1-4-13(5-2)16(20)18-14-8-9-15(17-12(14)3)19-10-6-7-11-19/h8-9,13H,4-7,10-11H2,1-3H3,(H,18,20). The number of hydrogen-bond donors (Lipinski definition) is 1. The van der Waals surface area contributed by atoms with E-state index in [0.717, 1.165) is 43.1 Å². The highest BCUT2D eigenvalue weighted by Gasteiger charge is 2.17. The number of anilines is 2. The van der Waals surface area contributed by atoms with Crippen molar-refractivity contribution in [2.24, 2.45) is 5.92 Å². The van der Waals surface area contributed by atoms with E-state index >= 15 is 0 Å². The molecule has 4 nitrogen and oxygen atoms in total. The molecule has 1 aliphatic heterocycles. The highest BCUT2D eigenvalue weighted by atomic mass is 16.1. The first-order valence-electron chi connectivity index (χ1n) is 7.69. The molecule has 1 saturated heterocycles. The van der Waals surface area contributed by atoms with E-state index in [1.807, 2.05) is 19.1 Å². The fourth-order valence-corrected chi connectivity index (χ4v) is 2.70. The van der Waals surface area contributed by atoms with E-state index in [0.29, 0.717) is 0 Å². The average molecular weight is 275 g/mol. The molecule has 0 bridgehead atoms. The maximum atomic E-state index is 12.1. The number of aryl methyl sites for hydroxylation is 1. The lowest BCUT2D eigenvalue weighted by Crippen LogP contribution is -2.23. The molecule has 1 N–H and O–H groups in total. The third kappa shape index (κ3) is 3.30. The van der Waals surface area contributed by atoms with E-state index in [-0.39, 0.29) is 11.8 Å². The van der Waals surface area contributed by atoms with Crippen LogP contribution in [0.25, 0.3) is 0 Å². The van der Waals surface area contributed by atoms with E-state index < -0.39 is 0 Å². The van der Waals surface area contributed by atoms with Gasteiger partial charge in [0, 0.05) is 19.0 Å². The second-order valence-electron chi connectivity index (χ2n) is 5.50. The lowest BCUT2D eigenvalue weighted by molar-refractivity contribution is -0.120. The van der Waals surface area contributed by atoms with Crippen LogP contribution in [0.3, 0.4) is 0 Å². The van der Waals surface area contributed by atoms with Crippen LogP contribution in [0, 0.1) is 12.8 Å². The van der Waals surface area contributed by atoms with Crippen LogP contribution in [0.4, 0.5) is 11.5 Å². The predicted octanol–water partition coefficient (Wildman–Crippen LogP) is 3.36. The first-order chi connectivity index (χ1) is 9.65. The molecule has 0 radical (unpaired) electrons. The molecule has 1 aromatic heterocycles. The molecule has 0 aromatic carbocycles. The summed E-state index contributed by atoms with van der Waals surface area (Å²) in [7, 11) is 0. The van der Waals surface area contributed by atoms with Gasteiger partial charge in [0.15, 0.2) is 0 Å². The number of hydrogen-bond acceptors (Lipinski definition) is 3. The fourth-order valence-electron chi connectivity index (χ4n) is 2.70. The molecule has 0 saturated carbocycles. The Morgan fingerprint density at radius 2 is 1.95 bits per heavy atom. The number of aromatic nitrogens is 1. The van der Waals surface area contributed by atoms with Gasteiger partial charge in [-0.05, 0) is 44.7 Å². The predicted molar refractivity (Wildman–Crippen MR) is 83.1 cm³/mol. The van der Waals surface area contributed by atoms with Gasteiger partial charge < -0.3 is 10.2 Å². The Bertz CT molecular complexity index is 463. The summed E-state index contributed by atoms with van der Waals surface area (Å²) in [5.41, 5.74) is 1.73. The molecule has 1 aliphatic rings. The van der Waals surface area contributed by atoms with Crippen molar-refractivity contribution in [1.29, 1.82) is 0 Å². The van der Waals surface area contributed by atoms with Crippen LogP contribution in [-0.4, -0.2) is 24.0 Å². The van der Waals surface area contributed by atoms with Crippen molar-refractivity contribution in [2.75, 3.05) is 23.3 Å². The Morgan fingerprint density at radius 3 is 2.50 bits per heavy atom. The minimum Gasteiger partial charge on any atom is -0.357 e. The van der Waals surface area contributed by atoms with Gasteiger partial charge in [0.25, 0.3) is 0 Å². The molecule has 0 unspecified atom stereocenters. The quantitative estimate of drug-likeness (QED) is 0.896. The van der Waals surface area contributed by atoms with Crippen molar-refractivity contribution in [3.05, 3.63) is 17.8 Å². The number of carbonyl (C=O) groups excluding carboxylic acids is 1. The van der Waals surface area contributed by atoms with Crippen LogP contribution >= 0.6 is 0 Å². The summed E-state index contributed by atoms with van der Waals surface area (Å²) in [6.45, 7) is 8.24. The zero-order valence-electron chi connectivity index (χ0n) is 12.8. The SMILES string of the molecule is CCC(CC)C(=O)Nc1ccc(N2CCCC2)nc1C. The zero-order chi connectivity index (χ0) is 14.5. The molecular formula is C16H25N3O. The summed E-state index contributed by atoms with van der Waals surface area (Å²) in [4.78, 5) is 19.1. The molecule has 1 aromatic rings. The second kappa shape index (κ2) is 6.73.